The zero-order chi connectivity index (χ0) is 21.6. The van der Waals surface area contributed by atoms with Crippen molar-refractivity contribution in [3.8, 4) is 0 Å². The van der Waals surface area contributed by atoms with Crippen molar-refractivity contribution in [1.82, 2.24) is 20.0 Å². The van der Waals surface area contributed by atoms with Crippen molar-refractivity contribution in [2.45, 2.75) is 57.2 Å². The van der Waals surface area contributed by atoms with Crippen molar-refractivity contribution in [3.05, 3.63) is 35.9 Å². The summed E-state index contributed by atoms with van der Waals surface area (Å²) in [6.45, 7) is 5.75. The predicted molar refractivity (Wildman–Crippen MR) is 116 cm³/mol. The number of amides is 4. The minimum atomic E-state index is -0.776. The fourth-order valence-electron chi connectivity index (χ4n) is 5.51. The van der Waals surface area contributed by atoms with Gasteiger partial charge >= 0.3 is 6.03 Å². The molecule has 1 aliphatic carbocycles. The van der Waals surface area contributed by atoms with Crippen LogP contribution in [0.4, 0.5) is 4.79 Å². The summed E-state index contributed by atoms with van der Waals surface area (Å²) in [4.78, 5) is 44.7. The Bertz CT molecular complexity index is 865. The van der Waals surface area contributed by atoms with Crippen LogP contribution in [-0.4, -0.2) is 70.3 Å². The van der Waals surface area contributed by atoms with Crippen LogP contribution >= 0.6 is 0 Å². The molecule has 0 radical (unpaired) electrons. The first-order chi connectivity index (χ1) is 15.0. The lowest BCUT2D eigenvalue weighted by molar-refractivity contribution is -0.140. The molecule has 5 rings (SSSR count). The molecule has 4 aliphatic rings. The molecular formula is C24H32N4O3. The van der Waals surface area contributed by atoms with Gasteiger partial charge in [0.2, 0.25) is 5.91 Å². The third-order valence-corrected chi connectivity index (χ3v) is 7.65. The minimum Gasteiger partial charge on any atom is -0.340 e. The molecule has 31 heavy (non-hydrogen) atoms. The second kappa shape index (κ2) is 7.93. The monoisotopic (exact) mass is 424 g/mol. The van der Waals surface area contributed by atoms with E-state index < -0.39 is 5.54 Å². The second-order valence-electron chi connectivity index (χ2n) is 9.85. The van der Waals surface area contributed by atoms with Crippen LogP contribution in [0.1, 0.15) is 44.6 Å². The van der Waals surface area contributed by atoms with Crippen molar-refractivity contribution in [1.29, 1.82) is 0 Å². The van der Waals surface area contributed by atoms with E-state index in [4.69, 9.17) is 0 Å². The quantitative estimate of drug-likeness (QED) is 0.753. The van der Waals surface area contributed by atoms with Crippen LogP contribution in [0, 0.1) is 11.8 Å². The first-order valence-corrected chi connectivity index (χ1v) is 11.7. The van der Waals surface area contributed by atoms with E-state index in [1.807, 2.05) is 23.1 Å². The van der Waals surface area contributed by atoms with Gasteiger partial charge < -0.3 is 10.2 Å². The zero-order valence-corrected chi connectivity index (χ0v) is 18.3. The molecular weight excluding hydrogens is 392 g/mol. The molecule has 166 valence electrons. The van der Waals surface area contributed by atoms with Gasteiger partial charge in [-0.3, -0.25) is 19.4 Å². The van der Waals surface area contributed by atoms with E-state index >= 15 is 0 Å². The number of nitrogens with zero attached hydrogens (tertiary/aromatic N) is 3. The summed E-state index contributed by atoms with van der Waals surface area (Å²) in [6, 6.07) is 9.85. The average molecular weight is 425 g/mol. The fraction of sp³-hybridized carbons (Fsp3) is 0.625. The molecule has 7 nitrogen and oxygen atoms in total. The molecule has 3 saturated heterocycles. The van der Waals surface area contributed by atoms with E-state index in [2.05, 4.69) is 29.3 Å². The van der Waals surface area contributed by atoms with E-state index in [0.717, 1.165) is 45.4 Å². The first kappa shape index (κ1) is 20.5. The molecule has 3 heterocycles. The predicted octanol–water partition coefficient (Wildman–Crippen LogP) is 2.22. The number of imide groups is 1. The number of piperidine rings is 2. The highest BCUT2D eigenvalue weighted by Gasteiger charge is 2.55. The smallest absolute Gasteiger partial charge is 0.325 e. The minimum absolute atomic E-state index is 0.0871. The van der Waals surface area contributed by atoms with Gasteiger partial charge in [-0.25, -0.2) is 4.79 Å². The third kappa shape index (κ3) is 3.84. The van der Waals surface area contributed by atoms with Crippen LogP contribution in [0.15, 0.2) is 30.3 Å². The maximum absolute atomic E-state index is 13.5. The number of hydrogen-bond donors (Lipinski definition) is 1. The second-order valence-corrected chi connectivity index (χ2v) is 9.85. The molecule has 0 aromatic heterocycles. The number of likely N-dealkylation sites (tertiary alicyclic amines) is 2. The van der Waals surface area contributed by atoms with Crippen molar-refractivity contribution in [3.63, 3.8) is 0 Å². The summed E-state index contributed by atoms with van der Waals surface area (Å²) in [5.74, 6) is 0.722. The van der Waals surface area contributed by atoms with E-state index in [1.54, 1.807) is 0 Å². The van der Waals surface area contributed by atoms with Crippen LogP contribution in [0.25, 0.3) is 0 Å². The van der Waals surface area contributed by atoms with Gasteiger partial charge in [-0.2, -0.15) is 0 Å². The Morgan fingerprint density at radius 3 is 2.52 bits per heavy atom. The molecule has 3 atom stereocenters. The molecule has 3 aliphatic heterocycles. The number of rotatable bonds is 4. The molecule has 4 amide bonds. The highest BCUT2D eigenvalue weighted by atomic mass is 16.2. The summed E-state index contributed by atoms with van der Waals surface area (Å²) >= 11 is 0. The molecule has 1 aromatic carbocycles. The van der Waals surface area contributed by atoms with E-state index in [0.29, 0.717) is 25.3 Å². The molecule has 1 N–H and O–H groups in total. The number of nitrogens with one attached hydrogen (secondary N) is 1. The van der Waals surface area contributed by atoms with Gasteiger partial charge in [0, 0.05) is 38.6 Å². The Kier molecular flexibility index (Phi) is 5.24. The van der Waals surface area contributed by atoms with Crippen LogP contribution in [0.2, 0.25) is 0 Å². The van der Waals surface area contributed by atoms with Gasteiger partial charge in [0.1, 0.15) is 5.54 Å². The number of benzene rings is 1. The Morgan fingerprint density at radius 2 is 1.84 bits per heavy atom. The van der Waals surface area contributed by atoms with E-state index in [9.17, 15) is 14.4 Å². The van der Waals surface area contributed by atoms with Crippen LogP contribution in [-0.2, 0) is 16.1 Å². The number of carbonyl (C=O) groups is 3. The molecule has 3 unspecified atom stereocenters. The van der Waals surface area contributed by atoms with Crippen molar-refractivity contribution in [2.24, 2.45) is 11.8 Å². The molecule has 4 fully saturated rings. The van der Waals surface area contributed by atoms with Crippen molar-refractivity contribution < 1.29 is 14.4 Å². The lowest BCUT2D eigenvalue weighted by Crippen LogP contribution is -2.56. The SMILES string of the molecule is CC1CC1C(=O)N1CCCC(N2C(=O)NC3(CCN(Cc4ccccc4)CC3)C2=O)C1. The molecule has 7 heteroatoms. The van der Waals surface area contributed by atoms with Crippen molar-refractivity contribution >= 4 is 17.8 Å². The number of hydrogen-bond acceptors (Lipinski definition) is 4. The van der Waals surface area contributed by atoms with Gasteiger partial charge in [-0.1, -0.05) is 37.3 Å². The molecule has 1 saturated carbocycles. The van der Waals surface area contributed by atoms with E-state index in [-0.39, 0.29) is 29.8 Å². The number of carbonyl (C=O) groups excluding carboxylic acids is 3. The van der Waals surface area contributed by atoms with Gasteiger partial charge in [0.25, 0.3) is 5.91 Å². The Hall–Kier alpha value is -2.41. The highest BCUT2D eigenvalue weighted by molar-refractivity contribution is 6.07. The lowest BCUT2D eigenvalue weighted by atomic mass is 9.87. The Labute approximate surface area is 183 Å². The van der Waals surface area contributed by atoms with Crippen molar-refractivity contribution in [2.75, 3.05) is 26.2 Å². The molecule has 0 bridgehead atoms. The van der Waals surface area contributed by atoms with Crippen LogP contribution < -0.4 is 5.32 Å². The standard InChI is InChI=1S/C24H32N4O3/c1-17-14-20(17)21(29)27-11-5-8-19(16-27)28-22(30)24(25-23(28)31)9-12-26(13-10-24)15-18-6-3-2-4-7-18/h2-4,6-7,17,19-20H,5,8-16H2,1H3,(H,25,31). The lowest BCUT2D eigenvalue weighted by Gasteiger charge is -2.39. The Morgan fingerprint density at radius 1 is 1.13 bits per heavy atom. The fourth-order valence-corrected chi connectivity index (χ4v) is 5.51. The topological polar surface area (TPSA) is 73.0 Å². The third-order valence-electron chi connectivity index (χ3n) is 7.65. The van der Waals surface area contributed by atoms with E-state index in [1.165, 1.54) is 10.5 Å². The van der Waals surface area contributed by atoms with Gasteiger partial charge in [-0.15, -0.1) is 0 Å². The maximum atomic E-state index is 13.5. The van der Waals surface area contributed by atoms with Crippen LogP contribution in [0.3, 0.4) is 0 Å². The van der Waals surface area contributed by atoms with Gasteiger partial charge in [0.15, 0.2) is 0 Å². The summed E-state index contributed by atoms with van der Waals surface area (Å²) in [5, 5.41) is 3.04. The van der Waals surface area contributed by atoms with Crippen LogP contribution in [0.5, 0.6) is 0 Å². The summed E-state index contributed by atoms with van der Waals surface area (Å²) in [5.41, 5.74) is 0.487. The summed E-state index contributed by atoms with van der Waals surface area (Å²) < 4.78 is 0. The normalized spacial score (nSPS) is 30.5. The highest BCUT2D eigenvalue weighted by Crippen LogP contribution is 2.40. The molecule has 1 aromatic rings. The molecule has 1 spiro atoms. The van der Waals surface area contributed by atoms with Gasteiger partial charge in [0.05, 0.1) is 6.04 Å². The van der Waals surface area contributed by atoms with Gasteiger partial charge in [-0.05, 0) is 43.6 Å². The Balaban J connectivity index is 1.22. The maximum Gasteiger partial charge on any atom is 0.325 e. The number of urea groups is 1. The summed E-state index contributed by atoms with van der Waals surface area (Å²) in [7, 11) is 0. The average Bonchev–Trinajstić information content (AvgIpc) is 3.46. The zero-order valence-electron chi connectivity index (χ0n) is 18.3. The largest absolute Gasteiger partial charge is 0.340 e. The summed E-state index contributed by atoms with van der Waals surface area (Å²) in [6.07, 6.45) is 3.85. The first-order valence-electron chi connectivity index (χ1n) is 11.7.